The van der Waals surface area contributed by atoms with Crippen molar-refractivity contribution in [3.63, 3.8) is 0 Å². The molecule has 2 aromatic rings. The Morgan fingerprint density at radius 2 is 1.96 bits per heavy atom. The third-order valence-corrected chi connectivity index (χ3v) is 3.95. The molecule has 1 aromatic carbocycles. The lowest BCUT2D eigenvalue weighted by atomic mass is 10.0. The number of aliphatic hydroxyl groups is 1. The van der Waals surface area contributed by atoms with E-state index in [1.807, 2.05) is 32.0 Å². The van der Waals surface area contributed by atoms with Gasteiger partial charge in [-0.05, 0) is 51.3 Å². The molecule has 130 valence electrons. The molecule has 5 heteroatoms. The molecule has 24 heavy (non-hydrogen) atoms. The number of furan rings is 1. The molecule has 3 N–H and O–H groups in total. The zero-order valence-electron chi connectivity index (χ0n) is 14.5. The minimum Gasteiger partial charge on any atom is -0.463 e. The normalized spacial score (nSPS) is 14.7. The fraction of sp³-hybridized carbons (Fsp3) is 0.421. The van der Waals surface area contributed by atoms with E-state index in [9.17, 15) is 9.90 Å². The van der Waals surface area contributed by atoms with Crippen molar-refractivity contribution in [3.8, 4) is 0 Å². The lowest BCUT2D eigenvalue weighted by molar-refractivity contribution is 0.0359. The van der Waals surface area contributed by atoms with Gasteiger partial charge in [0.2, 0.25) is 0 Å². The molecule has 0 aliphatic heterocycles. The van der Waals surface area contributed by atoms with Gasteiger partial charge in [-0.3, -0.25) is 0 Å². The largest absolute Gasteiger partial charge is 0.463 e. The van der Waals surface area contributed by atoms with Gasteiger partial charge in [0.15, 0.2) is 0 Å². The molecule has 1 heterocycles. The molecular formula is C19H26N2O3. The summed E-state index contributed by atoms with van der Waals surface area (Å²) in [5, 5.41) is 16.0. The first-order valence-corrected chi connectivity index (χ1v) is 8.24. The van der Waals surface area contributed by atoms with E-state index in [4.69, 9.17) is 4.42 Å². The number of urea groups is 1. The summed E-state index contributed by atoms with van der Waals surface area (Å²) < 4.78 is 5.43. The Bertz CT molecular complexity index is 650. The van der Waals surface area contributed by atoms with Gasteiger partial charge in [0.05, 0.1) is 6.54 Å². The molecule has 2 unspecified atom stereocenters. The summed E-state index contributed by atoms with van der Waals surface area (Å²) in [6.07, 6.45) is 1.76. The summed E-state index contributed by atoms with van der Waals surface area (Å²) >= 11 is 0. The fourth-order valence-electron chi connectivity index (χ4n) is 2.44. The first-order chi connectivity index (χ1) is 11.4. The Morgan fingerprint density at radius 3 is 2.58 bits per heavy atom. The average molecular weight is 330 g/mol. The summed E-state index contributed by atoms with van der Waals surface area (Å²) in [5.74, 6) is 1.17. The summed E-state index contributed by atoms with van der Waals surface area (Å²) in [5.41, 5.74) is 0.0153. The molecule has 0 fully saturated rings. The highest BCUT2D eigenvalue weighted by atomic mass is 16.4. The van der Waals surface area contributed by atoms with Crippen molar-refractivity contribution in [3.05, 3.63) is 59.5 Å². The summed E-state index contributed by atoms with van der Waals surface area (Å²) in [6.45, 7) is 5.48. The van der Waals surface area contributed by atoms with Crippen LogP contribution >= 0.6 is 0 Å². The van der Waals surface area contributed by atoms with Gasteiger partial charge in [-0.2, -0.15) is 0 Å². The molecule has 0 aliphatic rings. The van der Waals surface area contributed by atoms with Crippen LogP contribution in [0, 0.1) is 6.92 Å². The predicted molar refractivity (Wildman–Crippen MR) is 93.8 cm³/mol. The molecule has 0 aliphatic carbocycles. The maximum Gasteiger partial charge on any atom is 0.315 e. The van der Waals surface area contributed by atoms with Crippen molar-refractivity contribution in [1.29, 1.82) is 0 Å². The molecule has 2 atom stereocenters. The number of carbonyl (C=O) groups is 1. The van der Waals surface area contributed by atoms with Gasteiger partial charge >= 0.3 is 6.03 Å². The highest BCUT2D eigenvalue weighted by molar-refractivity contribution is 5.74. The molecule has 0 saturated carbocycles. The van der Waals surface area contributed by atoms with Gasteiger partial charge in [-0.15, -0.1) is 0 Å². The van der Waals surface area contributed by atoms with Crippen molar-refractivity contribution in [2.24, 2.45) is 0 Å². The van der Waals surface area contributed by atoms with Gasteiger partial charge in [0.25, 0.3) is 0 Å². The van der Waals surface area contributed by atoms with Crippen molar-refractivity contribution >= 4 is 6.03 Å². The minimum atomic E-state index is -1.24. The number of hydrogen-bond acceptors (Lipinski definition) is 3. The molecule has 2 amide bonds. The SMILES string of the molecule is Cc1ccc(C(C)(O)CNC(=O)NC(C)CCc2ccccc2)o1. The fourth-order valence-corrected chi connectivity index (χ4v) is 2.44. The molecule has 0 bridgehead atoms. The third-order valence-electron chi connectivity index (χ3n) is 3.95. The summed E-state index contributed by atoms with van der Waals surface area (Å²) in [6, 6.07) is 13.4. The number of rotatable bonds is 7. The topological polar surface area (TPSA) is 74.5 Å². The second-order valence-corrected chi connectivity index (χ2v) is 6.44. The van der Waals surface area contributed by atoms with Crippen LogP contribution in [-0.4, -0.2) is 23.7 Å². The molecular weight excluding hydrogens is 304 g/mol. The maximum atomic E-state index is 12.0. The molecule has 1 aromatic heterocycles. The standard InChI is InChI=1S/C19H26N2O3/c1-14(9-11-16-7-5-4-6-8-16)21-18(22)20-13-19(3,23)17-12-10-15(2)24-17/h4-8,10,12,14,23H,9,11,13H2,1-3H3,(H2,20,21,22). The van der Waals surface area contributed by atoms with E-state index < -0.39 is 5.60 Å². The van der Waals surface area contributed by atoms with Crippen LogP contribution in [-0.2, 0) is 12.0 Å². The van der Waals surface area contributed by atoms with E-state index in [1.165, 1.54) is 5.56 Å². The number of nitrogens with one attached hydrogen (secondary N) is 2. The quantitative estimate of drug-likeness (QED) is 0.730. The summed E-state index contributed by atoms with van der Waals surface area (Å²) in [7, 11) is 0. The van der Waals surface area contributed by atoms with Crippen molar-refractivity contribution in [1.82, 2.24) is 10.6 Å². The Hall–Kier alpha value is -2.27. The average Bonchev–Trinajstić information content (AvgIpc) is 3.00. The van der Waals surface area contributed by atoms with Crippen molar-refractivity contribution in [2.45, 2.75) is 45.3 Å². The first-order valence-electron chi connectivity index (χ1n) is 8.24. The van der Waals surface area contributed by atoms with Crippen LogP contribution in [0.5, 0.6) is 0 Å². The van der Waals surface area contributed by atoms with E-state index in [1.54, 1.807) is 19.1 Å². The van der Waals surface area contributed by atoms with Crippen LogP contribution in [0.3, 0.4) is 0 Å². The first kappa shape index (κ1) is 18.1. The second kappa shape index (κ2) is 8.02. The van der Waals surface area contributed by atoms with E-state index >= 15 is 0 Å². The van der Waals surface area contributed by atoms with Crippen LogP contribution in [0.2, 0.25) is 0 Å². The highest BCUT2D eigenvalue weighted by Crippen LogP contribution is 2.21. The van der Waals surface area contributed by atoms with E-state index in [2.05, 4.69) is 22.8 Å². The van der Waals surface area contributed by atoms with Crippen LogP contribution < -0.4 is 10.6 Å². The van der Waals surface area contributed by atoms with Gasteiger partial charge in [0, 0.05) is 6.04 Å². The highest BCUT2D eigenvalue weighted by Gasteiger charge is 2.27. The summed E-state index contributed by atoms with van der Waals surface area (Å²) in [4.78, 5) is 12.0. The zero-order valence-corrected chi connectivity index (χ0v) is 14.5. The van der Waals surface area contributed by atoms with Gasteiger partial charge in [-0.25, -0.2) is 4.79 Å². The van der Waals surface area contributed by atoms with Gasteiger partial charge in [-0.1, -0.05) is 30.3 Å². The zero-order chi connectivity index (χ0) is 17.6. The number of hydrogen-bond donors (Lipinski definition) is 3. The molecule has 5 nitrogen and oxygen atoms in total. The van der Waals surface area contributed by atoms with E-state index in [-0.39, 0.29) is 18.6 Å². The van der Waals surface area contributed by atoms with Crippen LogP contribution in [0.1, 0.15) is 37.4 Å². The monoisotopic (exact) mass is 330 g/mol. The van der Waals surface area contributed by atoms with Crippen LogP contribution in [0.4, 0.5) is 4.79 Å². The smallest absolute Gasteiger partial charge is 0.315 e. The second-order valence-electron chi connectivity index (χ2n) is 6.44. The van der Waals surface area contributed by atoms with Crippen LogP contribution in [0.25, 0.3) is 0 Å². The molecule has 0 saturated heterocycles. The third kappa shape index (κ3) is 5.42. The Balaban J connectivity index is 1.74. The molecule has 0 radical (unpaired) electrons. The molecule has 2 rings (SSSR count). The lowest BCUT2D eigenvalue weighted by Gasteiger charge is -2.22. The van der Waals surface area contributed by atoms with E-state index in [0.717, 1.165) is 18.6 Å². The lowest BCUT2D eigenvalue weighted by Crippen LogP contribution is -2.46. The van der Waals surface area contributed by atoms with Crippen molar-refractivity contribution in [2.75, 3.05) is 6.54 Å². The van der Waals surface area contributed by atoms with E-state index in [0.29, 0.717) is 5.76 Å². The van der Waals surface area contributed by atoms with Crippen molar-refractivity contribution < 1.29 is 14.3 Å². The number of aryl methyl sites for hydroxylation is 2. The Morgan fingerprint density at radius 1 is 1.25 bits per heavy atom. The number of carbonyl (C=O) groups excluding carboxylic acids is 1. The minimum absolute atomic E-state index is 0.0426. The Kier molecular flexibility index (Phi) is 6.04. The predicted octanol–water partition coefficient (Wildman–Crippen LogP) is 3.12. The van der Waals surface area contributed by atoms with Crippen LogP contribution in [0.15, 0.2) is 46.9 Å². The number of benzene rings is 1. The van der Waals surface area contributed by atoms with Gasteiger partial charge < -0.3 is 20.2 Å². The maximum absolute atomic E-state index is 12.0. The Labute approximate surface area is 143 Å². The molecule has 0 spiro atoms. The van der Waals surface area contributed by atoms with Gasteiger partial charge in [0.1, 0.15) is 17.1 Å². The number of amides is 2.